The van der Waals surface area contributed by atoms with Crippen molar-refractivity contribution in [3.63, 3.8) is 0 Å². The SMILES string of the molecule is CC(=O)OC(O)C(CCl)CCl. The lowest BCUT2D eigenvalue weighted by Crippen LogP contribution is -2.28. The molecular weight excluding hydrogens is 191 g/mol. The summed E-state index contributed by atoms with van der Waals surface area (Å²) in [5.41, 5.74) is 0. The fourth-order valence-corrected chi connectivity index (χ4v) is 1.09. The zero-order valence-corrected chi connectivity index (χ0v) is 7.60. The third-order valence-corrected chi connectivity index (χ3v) is 1.88. The van der Waals surface area contributed by atoms with E-state index < -0.39 is 18.2 Å². The van der Waals surface area contributed by atoms with E-state index in [0.717, 1.165) is 0 Å². The molecule has 0 aromatic heterocycles. The maximum atomic E-state index is 10.3. The topological polar surface area (TPSA) is 46.5 Å². The van der Waals surface area contributed by atoms with Crippen LogP contribution in [0.4, 0.5) is 0 Å². The van der Waals surface area contributed by atoms with E-state index in [-0.39, 0.29) is 11.8 Å². The van der Waals surface area contributed by atoms with Crippen molar-refractivity contribution in [1.82, 2.24) is 0 Å². The lowest BCUT2D eigenvalue weighted by Gasteiger charge is -2.17. The first-order valence-corrected chi connectivity index (χ1v) is 4.16. The fraction of sp³-hybridized carbons (Fsp3) is 0.833. The average Bonchev–Trinajstić information content (AvgIpc) is 1.88. The van der Waals surface area contributed by atoms with Crippen LogP contribution in [0.15, 0.2) is 0 Å². The Bertz CT molecular complexity index is 125. The lowest BCUT2D eigenvalue weighted by atomic mass is 10.2. The van der Waals surface area contributed by atoms with E-state index in [2.05, 4.69) is 4.74 Å². The molecule has 0 amide bonds. The smallest absolute Gasteiger partial charge is 0.304 e. The van der Waals surface area contributed by atoms with E-state index in [4.69, 9.17) is 28.3 Å². The summed E-state index contributed by atoms with van der Waals surface area (Å²) in [7, 11) is 0. The molecule has 0 saturated heterocycles. The van der Waals surface area contributed by atoms with Gasteiger partial charge in [0.1, 0.15) is 0 Å². The van der Waals surface area contributed by atoms with E-state index >= 15 is 0 Å². The standard InChI is InChI=1S/C6H10Cl2O3/c1-4(9)11-6(10)5(2-7)3-8/h5-6,10H,2-3H2,1H3. The van der Waals surface area contributed by atoms with Crippen LogP contribution in [0.25, 0.3) is 0 Å². The monoisotopic (exact) mass is 200 g/mol. The Labute approximate surface area is 75.2 Å². The van der Waals surface area contributed by atoms with Crippen molar-refractivity contribution in [2.75, 3.05) is 11.8 Å². The number of rotatable bonds is 4. The van der Waals surface area contributed by atoms with Crippen LogP contribution < -0.4 is 0 Å². The summed E-state index contributed by atoms with van der Waals surface area (Å²) >= 11 is 10.8. The van der Waals surface area contributed by atoms with Gasteiger partial charge in [-0.15, -0.1) is 23.2 Å². The number of hydrogen-bond acceptors (Lipinski definition) is 3. The van der Waals surface area contributed by atoms with Crippen LogP contribution in [0.1, 0.15) is 6.92 Å². The first-order chi connectivity index (χ1) is 5.11. The average molecular weight is 201 g/mol. The minimum Gasteiger partial charge on any atom is -0.436 e. The summed E-state index contributed by atoms with van der Waals surface area (Å²) in [5.74, 6) is -0.615. The molecule has 5 heteroatoms. The second-order valence-electron chi connectivity index (χ2n) is 2.07. The normalized spacial score (nSPS) is 13.2. The minimum atomic E-state index is -1.19. The van der Waals surface area contributed by atoms with Crippen LogP contribution in [0.2, 0.25) is 0 Å². The summed E-state index contributed by atoms with van der Waals surface area (Å²) in [6.07, 6.45) is -1.19. The van der Waals surface area contributed by atoms with Crippen molar-refractivity contribution in [1.29, 1.82) is 0 Å². The number of halogens is 2. The Morgan fingerprint density at radius 3 is 2.27 bits per heavy atom. The van der Waals surface area contributed by atoms with Crippen LogP contribution in [0.3, 0.4) is 0 Å². The van der Waals surface area contributed by atoms with Crippen molar-refractivity contribution in [3.05, 3.63) is 0 Å². The molecule has 0 aromatic carbocycles. The maximum absolute atomic E-state index is 10.3. The summed E-state index contributed by atoms with van der Waals surface area (Å²) in [6, 6.07) is 0. The molecule has 0 bridgehead atoms. The molecule has 0 aliphatic heterocycles. The summed E-state index contributed by atoms with van der Waals surface area (Å²) in [5, 5.41) is 9.07. The molecule has 0 rings (SSSR count). The van der Waals surface area contributed by atoms with Gasteiger partial charge in [-0.05, 0) is 0 Å². The Hall–Kier alpha value is 0.01000. The van der Waals surface area contributed by atoms with E-state index in [9.17, 15) is 4.79 Å². The highest BCUT2D eigenvalue weighted by molar-refractivity contribution is 6.20. The van der Waals surface area contributed by atoms with Crippen LogP contribution in [0, 0.1) is 5.92 Å². The fourth-order valence-electron chi connectivity index (χ4n) is 0.460. The van der Waals surface area contributed by atoms with Crippen molar-refractivity contribution in [2.24, 2.45) is 5.92 Å². The second kappa shape index (κ2) is 5.63. The Morgan fingerprint density at radius 1 is 1.55 bits per heavy atom. The molecule has 0 spiro atoms. The number of esters is 1. The zero-order valence-electron chi connectivity index (χ0n) is 6.09. The van der Waals surface area contributed by atoms with Crippen LogP contribution >= 0.6 is 23.2 Å². The van der Waals surface area contributed by atoms with Gasteiger partial charge in [0.25, 0.3) is 0 Å². The van der Waals surface area contributed by atoms with Gasteiger partial charge < -0.3 is 9.84 Å². The molecule has 0 aliphatic carbocycles. The van der Waals surface area contributed by atoms with Crippen LogP contribution in [-0.2, 0) is 9.53 Å². The second-order valence-corrected chi connectivity index (χ2v) is 2.69. The quantitative estimate of drug-likeness (QED) is 0.418. The Balaban J connectivity index is 3.78. The molecule has 0 aliphatic rings. The maximum Gasteiger partial charge on any atom is 0.304 e. The van der Waals surface area contributed by atoms with Gasteiger partial charge in [-0.2, -0.15) is 0 Å². The predicted octanol–water partition coefficient (Wildman–Crippen LogP) is 0.962. The van der Waals surface area contributed by atoms with Gasteiger partial charge in [-0.3, -0.25) is 4.79 Å². The molecule has 66 valence electrons. The molecule has 1 atom stereocenters. The minimum absolute atomic E-state index is 0.165. The summed E-state index contributed by atoms with van der Waals surface area (Å²) in [4.78, 5) is 10.3. The Kier molecular flexibility index (Phi) is 5.64. The number of hydrogen-bond donors (Lipinski definition) is 1. The molecule has 0 saturated carbocycles. The number of aliphatic hydroxyl groups excluding tert-OH is 1. The van der Waals surface area contributed by atoms with Gasteiger partial charge in [-0.1, -0.05) is 0 Å². The molecule has 0 heterocycles. The van der Waals surface area contributed by atoms with Gasteiger partial charge in [0.05, 0.1) is 0 Å². The number of aliphatic hydroxyl groups is 1. The highest BCUT2D eigenvalue weighted by Crippen LogP contribution is 2.09. The van der Waals surface area contributed by atoms with E-state index in [0.29, 0.717) is 0 Å². The lowest BCUT2D eigenvalue weighted by molar-refractivity contribution is -0.171. The van der Waals surface area contributed by atoms with Gasteiger partial charge >= 0.3 is 5.97 Å². The van der Waals surface area contributed by atoms with E-state index in [1.807, 2.05) is 0 Å². The molecule has 0 fully saturated rings. The highest BCUT2D eigenvalue weighted by Gasteiger charge is 2.19. The van der Waals surface area contributed by atoms with Gasteiger partial charge in [0.15, 0.2) is 0 Å². The molecule has 3 nitrogen and oxygen atoms in total. The number of carbonyl (C=O) groups excluding carboxylic acids is 1. The predicted molar refractivity (Wildman–Crippen MR) is 42.7 cm³/mol. The molecule has 1 N–H and O–H groups in total. The molecule has 0 radical (unpaired) electrons. The van der Waals surface area contributed by atoms with Crippen LogP contribution in [0.5, 0.6) is 0 Å². The van der Waals surface area contributed by atoms with E-state index in [1.165, 1.54) is 6.92 Å². The number of ether oxygens (including phenoxy) is 1. The third kappa shape index (κ3) is 4.45. The van der Waals surface area contributed by atoms with Crippen LogP contribution in [-0.4, -0.2) is 29.1 Å². The number of alkyl halides is 2. The first-order valence-electron chi connectivity index (χ1n) is 3.09. The van der Waals surface area contributed by atoms with Gasteiger partial charge in [0, 0.05) is 24.6 Å². The molecule has 0 aromatic rings. The van der Waals surface area contributed by atoms with Crippen molar-refractivity contribution in [2.45, 2.75) is 13.2 Å². The van der Waals surface area contributed by atoms with E-state index in [1.54, 1.807) is 0 Å². The largest absolute Gasteiger partial charge is 0.436 e. The summed E-state index contributed by atoms with van der Waals surface area (Å²) < 4.78 is 4.44. The van der Waals surface area contributed by atoms with Gasteiger partial charge in [0.2, 0.25) is 6.29 Å². The molecule has 1 unspecified atom stereocenters. The Morgan fingerprint density at radius 2 is 2.00 bits per heavy atom. The zero-order chi connectivity index (χ0) is 8.85. The molecule has 11 heavy (non-hydrogen) atoms. The molecular formula is C6H10Cl2O3. The van der Waals surface area contributed by atoms with Crippen molar-refractivity contribution in [3.8, 4) is 0 Å². The summed E-state index contributed by atoms with van der Waals surface area (Å²) in [6.45, 7) is 1.21. The highest BCUT2D eigenvalue weighted by atomic mass is 35.5. The first kappa shape index (κ1) is 11.0. The van der Waals surface area contributed by atoms with Gasteiger partial charge in [-0.25, -0.2) is 0 Å². The number of carbonyl (C=O) groups is 1. The van der Waals surface area contributed by atoms with Crippen molar-refractivity contribution >= 4 is 29.2 Å². The van der Waals surface area contributed by atoms with Crippen molar-refractivity contribution < 1.29 is 14.6 Å². The third-order valence-electron chi connectivity index (χ3n) is 1.09.